The highest BCUT2D eigenvalue weighted by Gasteiger charge is 2.23. The molecule has 1 saturated carbocycles. The molecule has 0 spiro atoms. The summed E-state index contributed by atoms with van der Waals surface area (Å²) in [6.07, 6.45) is 1.44. The van der Waals surface area contributed by atoms with Crippen LogP contribution in [0.25, 0.3) is 0 Å². The Morgan fingerprint density at radius 1 is 1.15 bits per heavy atom. The van der Waals surface area contributed by atoms with Crippen molar-refractivity contribution in [1.29, 1.82) is 5.26 Å². The van der Waals surface area contributed by atoms with Gasteiger partial charge in [0.1, 0.15) is 5.75 Å². The number of hydrogen-bond acceptors (Lipinski definition) is 4. The molecule has 0 aromatic heterocycles. The topological polar surface area (TPSA) is 91.2 Å². The van der Waals surface area contributed by atoms with Gasteiger partial charge in [-0.3, -0.25) is 9.59 Å². The molecule has 2 aromatic rings. The minimum atomic E-state index is -0.665. The second kappa shape index (κ2) is 8.37. The van der Waals surface area contributed by atoms with Gasteiger partial charge >= 0.3 is 0 Å². The van der Waals surface area contributed by atoms with Gasteiger partial charge in [-0.1, -0.05) is 12.1 Å². The van der Waals surface area contributed by atoms with Gasteiger partial charge in [0, 0.05) is 18.2 Å². The molecule has 0 saturated heterocycles. The summed E-state index contributed by atoms with van der Waals surface area (Å²) >= 11 is 0. The van der Waals surface area contributed by atoms with E-state index >= 15 is 0 Å². The van der Waals surface area contributed by atoms with Gasteiger partial charge in [0.25, 0.3) is 11.8 Å². The van der Waals surface area contributed by atoms with E-state index in [1.807, 2.05) is 18.2 Å². The van der Waals surface area contributed by atoms with Crippen molar-refractivity contribution in [3.63, 3.8) is 0 Å². The molecule has 1 atom stereocenters. The lowest BCUT2D eigenvalue weighted by atomic mass is 10.1. The molecule has 1 aliphatic carbocycles. The summed E-state index contributed by atoms with van der Waals surface area (Å²) in [6, 6.07) is 16.1. The van der Waals surface area contributed by atoms with E-state index in [-0.39, 0.29) is 11.8 Å². The maximum Gasteiger partial charge on any atom is 0.261 e. The highest BCUT2D eigenvalue weighted by atomic mass is 16.5. The van der Waals surface area contributed by atoms with E-state index in [1.165, 1.54) is 0 Å². The molecule has 27 heavy (non-hydrogen) atoms. The monoisotopic (exact) mass is 363 g/mol. The predicted molar refractivity (Wildman–Crippen MR) is 100 cm³/mol. The normalized spacial score (nSPS) is 13.9. The number of rotatable bonds is 7. The van der Waals surface area contributed by atoms with Crippen LogP contribution in [-0.4, -0.2) is 24.0 Å². The first-order valence-corrected chi connectivity index (χ1v) is 8.89. The zero-order valence-corrected chi connectivity index (χ0v) is 15.1. The van der Waals surface area contributed by atoms with Gasteiger partial charge in [-0.15, -0.1) is 0 Å². The summed E-state index contributed by atoms with van der Waals surface area (Å²) in [5.41, 5.74) is 2.06. The molecule has 0 aliphatic heterocycles. The fourth-order valence-corrected chi connectivity index (χ4v) is 2.47. The summed E-state index contributed by atoms with van der Waals surface area (Å²) < 4.78 is 5.58. The largest absolute Gasteiger partial charge is 0.481 e. The molecule has 6 heteroatoms. The molecule has 2 amide bonds. The minimum Gasteiger partial charge on any atom is -0.481 e. The van der Waals surface area contributed by atoms with Crippen LogP contribution in [0, 0.1) is 11.3 Å². The number of benzene rings is 2. The molecule has 0 radical (unpaired) electrons. The Kier molecular flexibility index (Phi) is 5.72. The smallest absolute Gasteiger partial charge is 0.261 e. The molecule has 0 bridgehead atoms. The van der Waals surface area contributed by atoms with E-state index in [0.717, 1.165) is 18.4 Å². The van der Waals surface area contributed by atoms with Gasteiger partial charge in [0.15, 0.2) is 6.10 Å². The van der Waals surface area contributed by atoms with Crippen LogP contribution in [0.1, 0.15) is 41.3 Å². The van der Waals surface area contributed by atoms with E-state index in [2.05, 4.69) is 10.6 Å². The Bertz CT molecular complexity index is 850. The fourth-order valence-electron chi connectivity index (χ4n) is 2.47. The van der Waals surface area contributed by atoms with Crippen LogP contribution in [0.15, 0.2) is 48.5 Å². The zero-order valence-electron chi connectivity index (χ0n) is 15.1. The lowest BCUT2D eigenvalue weighted by molar-refractivity contribution is -0.127. The van der Waals surface area contributed by atoms with Gasteiger partial charge in [-0.05, 0) is 61.7 Å². The van der Waals surface area contributed by atoms with Gasteiger partial charge < -0.3 is 15.4 Å². The molecule has 2 N–H and O–H groups in total. The van der Waals surface area contributed by atoms with Crippen LogP contribution in [-0.2, 0) is 11.3 Å². The van der Waals surface area contributed by atoms with Gasteiger partial charge in [0.05, 0.1) is 11.6 Å². The van der Waals surface area contributed by atoms with Crippen molar-refractivity contribution in [2.75, 3.05) is 0 Å². The van der Waals surface area contributed by atoms with E-state index in [1.54, 1.807) is 43.3 Å². The average Bonchev–Trinajstić information content (AvgIpc) is 3.51. The molecule has 1 fully saturated rings. The zero-order chi connectivity index (χ0) is 19.2. The Morgan fingerprint density at radius 2 is 1.81 bits per heavy atom. The second-order valence-corrected chi connectivity index (χ2v) is 6.56. The highest BCUT2D eigenvalue weighted by molar-refractivity contribution is 5.94. The Labute approximate surface area is 158 Å². The lowest BCUT2D eigenvalue weighted by Gasteiger charge is -2.15. The molecule has 1 unspecified atom stereocenters. The molecule has 1 aliphatic rings. The Hall–Kier alpha value is -3.33. The summed E-state index contributed by atoms with van der Waals surface area (Å²) in [5.74, 6) is 0.232. The van der Waals surface area contributed by atoms with Crippen LogP contribution in [0.3, 0.4) is 0 Å². The maximum absolute atomic E-state index is 12.2. The van der Waals surface area contributed by atoms with Crippen molar-refractivity contribution in [3.8, 4) is 11.8 Å². The van der Waals surface area contributed by atoms with Gasteiger partial charge in [-0.2, -0.15) is 5.26 Å². The van der Waals surface area contributed by atoms with Crippen molar-refractivity contribution in [3.05, 3.63) is 65.2 Å². The number of amides is 2. The molecule has 2 aromatic carbocycles. The number of ether oxygens (including phenoxy) is 1. The van der Waals surface area contributed by atoms with Crippen LogP contribution < -0.4 is 15.4 Å². The third-order valence-corrected chi connectivity index (χ3v) is 4.26. The van der Waals surface area contributed by atoms with Gasteiger partial charge in [-0.25, -0.2) is 0 Å². The van der Waals surface area contributed by atoms with Crippen molar-refractivity contribution in [2.24, 2.45) is 0 Å². The Balaban J connectivity index is 1.47. The standard InChI is InChI=1S/C21H21N3O3/c1-14(27-19-10-4-15(12-22)5-11-19)20(25)23-13-16-2-6-17(7-3-16)21(26)24-18-8-9-18/h2-7,10-11,14,18H,8-9,13H2,1H3,(H,23,25)(H,24,26). The molecule has 0 heterocycles. The third-order valence-electron chi connectivity index (χ3n) is 4.26. The molecular formula is C21H21N3O3. The van der Waals surface area contributed by atoms with E-state index in [4.69, 9.17) is 10.00 Å². The average molecular weight is 363 g/mol. The number of carbonyl (C=O) groups is 2. The van der Waals surface area contributed by atoms with Crippen molar-refractivity contribution in [2.45, 2.75) is 38.5 Å². The summed E-state index contributed by atoms with van der Waals surface area (Å²) in [6.45, 7) is 2.02. The number of nitriles is 1. The van der Waals surface area contributed by atoms with E-state index < -0.39 is 6.10 Å². The second-order valence-electron chi connectivity index (χ2n) is 6.56. The molecule has 6 nitrogen and oxygen atoms in total. The number of hydrogen-bond donors (Lipinski definition) is 2. The third kappa shape index (κ3) is 5.32. The van der Waals surface area contributed by atoms with Crippen molar-refractivity contribution in [1.82, 2.24) is 10.6 Å². The quantitative estimate of drug-likeness (QED) is 0.791. The van der Waals surface area contributed by atoms with Crippen LogP contribution in [0.5, 0.6) is 5.75 Å². The van der Waals surface area contributed by atoms with Crippen LogP contribution in [0.2, 0.25) is 0 Å². The van der Waals surface area contributed by atoms with Crippen molar-refractivity contribution >= 4 is 11.8 Å². The van der Waals surface area contributed by atoms with Gasteiger partial charge in [0.2, 0.25) is 0 Å². The molecule has 3 rings (SSSR count). The minimum absolute atomic E-state index is 0.0578. The lowest BCUT2D eigenvalue weighted by Crippen LogP contribution is -2.35. The Morgan fingerprint density at radius 3 is 2.41 bits per heavy atom. The fraction of sp³-hybridized carbons (Fsp3) is 0.286. The first-order chi connectivity index (χ1) is 13.0. The number of nitrogens with zero attached hydrogens (tertiary/aromatic N) is 1. The van der Waals surface area contributed by atoms with E-state index in [9.17, 15) is 9.59 Å². The summed E-state index contributed by atoms with van der Waals surface area (Å²) in [7, 11) is 0. The van der Waals surface area contributed by atoms with Crippen LogP contribution in [0.4, 0.5) is 0 Å². The van der Waals surface area contributed by atoms with Crippen molar-refractivity contribution < 1.29 is 14.3 Å². The first kappa shape index (κ1) is 18.5. The highest BCUT2D eigenvalue weighted by Crippen LogP contribution is 2.19. The summed E-state index contributed by atoms with van der Waals surface area (Å²) in [5, 5.41) is 14.5. The number of nitrogens with one attached hydrogen (secondary N) is 2. The maximum atomic E-state index is 12.2. The predicted octanol–water partition coefficient (Wildman–Crippen LogP) is 2.53. The first-order valence-electron chi connectivity index (χ1n) is 8.89. The van der Waals surface area contributed by atoms with E-state index in [0.29, 0.717) is 29.5 Å². The molecular weight excluding hydrogens is 342 g/mol. The SMILES string of the molecule is CC(Oc1ccc(C#N)cc1)C(=O)NCc1ccc(C(=O)NC2CC2)cc1. The summed E-state index contributed by atoms with van der Waals surface area (Å²) in [4.78, 5) is 24.2. The number of carbonyl (C=O) groups excluding carboxylic acids is 2. The van der Waals surface area contributed by atoms with Crippen LogP contribution >= 0.6 is 0 Å². The molecule has 138 valence electrons.